The monoisotopic (exact) mass is 196 g/mol. The lowest BCUT2D eigenvalue weighted by atomic mass is 10.1. The number of aliphatic hydroxyl groups excluding tert-OH is 1. The molecule has 0 aliphatic heterocycles. The molecule has 0 saturated carbocycles. The molecule has 0 aliphatic rings. The Morgan fingerprint density at radius 2 is 2.00 bits per heavy atom. The van der Waals surface area contributed by atoms with Crippen molar-refractivity contribution in [2.45, 2.75) is 19.4 Å². The van der Waals surface area contributed by atoms with E-state index >= 15 is 0 Å². The molecule has 0 aromatic heterocycles. The van der Waals surface area contributed by atoms with Crippen molar-refractivity contribution in [3.05, 3.63) is 23.8 Å². The zero-order valence-corrected chi connectivity index (χ0v) is 8.78. The van der Waals surface area contributed by atoms with Crippen LogP contribution in [0.5, 0.6) is 11.5 Å². The second-order valence-corrected chi connectivity index (χ2v) is 3.03. The van der Waals surface area contributed by atoms with Gasteiger partial charge in [0.15, 0.2) is 0 Å². The number of hydrogen-bond donors (Lipinski definition) is 1. The Kier molecular flexibility index (Phi) is 3.77. The van der Waals surface area contributed by atoms with Crippen molar-refractivity contribution in [2.24, 2.45) is 0 Å². The van der Waals surface area contributed by atoms with E-state index in [1.807, 2.05) is 13.0 Å². The van der Waals surface area contributed by atoms with Gasteiger partial charge in [-0.1, -0.05) is 6.92 Å². The van der Waals surface area contributed by atoms with Crippen molar-refractivity contribution in [1.29, 1.82) is 0 Å². The first-order chi connectivity index (χ1) is 6.72. The summed E-state index contributed by atoms with van der Waals surface area (Å²) in [5, 5.41) is 9.73. The number of methoxy groups -OCH3 is 2. The van der Waals surface area contributed by atoms with Crippen LogP contribution in [0.25, 0.3) is 0 Å². The van der Waals surface area contributed by atoms with Crippen LogP contribution in [0.1, 0.15) is 25.0 Å². The summed E-state index contributed by atoms with van der Waals surface area (Å²) in [6.07, 6.45) is 0.156. The van der Waals surface area contributed by atoms with Crippen molar-refractivity contribution >= 4 is 0 Å². The largest absolute Gasteiger partial charge is 0.497 e. The molecule has 1 aromatic carbocycles. The topological polar surface area (TPSA) is 38.7 Å². The molecule has 0 fully saturated rings. The molecule has 3 heteroatoms. The Balaban J connectivity index is 3.08. The fraction of sp³-hybridized carbons (Fsp3) is 0.455. The summed E-state index contributed by atoms with van der Waals surface area (Å²) in [5.41, 5.74) is 0.773. The van der Waals surface area contributed by atoms with Gasteiger partial charge in [0.05, 0.1) is 20.3 Å². The van der Waals surface area contributed by atoms with Gasteiger partial charge in [-0.3, -0.25) is 0 Å². The van der Waals surface area contributed by atoms with Crippen molar-refractivity contribution in [2.75, 3.05) is 14.2 Å². The maximum atomic E-state index is 9.73. The molecule has 0 radical (unpaired) electrons. The summed E-state index contributed by atoms with van der Waals surface area (Å²) in [7, 11) is 3.19. The Bertz CT molecular complexity index is 297. The van der Waals surface area contributed by atoms with Crippen LogP contribution < -0.4 is 9.47 Å². The highest BCUT2D eigenvalue weighted by atomic mass is 16.5. The van der Waals surface area contributed by atoms with Crippen LogP contribution in [0, 0.1) is 0 Å². The van der Waals surface area contributed by atoms with Crippen LogP contribution in [-0.4, -0.2) is 19.3 Å². The number of ether oxygens (including phenoxy) is 2. The van der Waals surface area contributed by atoms with Crippen LogP contribution in [0.15, 0.2) is 18.2 Å². The SMILES string of the molecule is CC[C@H](O)c1cc(OC)ccc1OC. The third-order valence-corrected chi connectivity index (χ3v) is 2.18. The zero-order chi connectivity index (χ0) is 10.6. The molecule has 0 aliphatic carbocycles. The van der Waals surface area contributed by atoms with Crippen molar-refractivity contribution in [3.63, 3.8) is 0 Å². The van der Waals surface area contributed by atoms with E-state index in [0.717, 1.165) is 11.3 Å². The Morgan fingerprint density at radius 1 is 1.29 bits per heavy atom. The summed E-state index contributed by atoms with van der Waals surface area (Å²) in [6, 6.07) is 5.41. The third-order valence-electron chi connectivity index (χ3n) is 2.18. The van der Waals surface area contributed by atoms with Crippen LogP contribution >= 0.6 is 0 Å². The molecule has 0 saturated heterocycles. The summed E-state index contributed by atoms with van der Waals surface area (Å²) in [6.45, 7) is 1.92. The highest BCUT2D eigenvalue weighted by molar-refractivity contribution is 5.41. The van der Waals surface area contributed by atoms with Crippen LogP contribution in [0.4, 0.5) is 0 Å². The molecule has 0 spiro atoms. The van der Waals surface area contributed by atoms with E-state index in [2.05, 4.69) is 0 Å². The zero-order valence-electron chi connectivity index (χ0n) is 8.78. The van der Waals surface area contributed by atoms with Gasteiger partial charge >= 0.3 is 0 Å². The predicted molar refractivity (Wildman–Crippen MR) is 54.8 cm³/mol. The molecule has 3 nitrogen and oxygen atoms in total. The fourth-order valence-corrected chi connectivity index (χ4v) is 1.32. The van der Waals surface area contributed by atoms with Gasteiger partial charge in [-0.25, -0.2) is 0 Å². The second-order valence-electron chi connectivity index (χ2n) is 3.03. The maximum Gasteiger partial charge on any atom is 0.124 e. The number of aliphatic hydroxyl groups is 1. The highest BCUT2D eigenvalue weighted by Crippen LogP contribution is 2.30. The van der Waals surface area contributed by atoms with Gasteiger partial charge in [0.1, 0.15) is 11.5 Å². The Morgan fingerprint density at radius 3 is 2.50 bits per heavy atom. The number of rotatable bonds is 4. The first-order valence-electron chi connectivity index (χ1n) is 4.63. The van der Waals surface area contributed by atoms with Gasteiger partial charge in [0.25, 0.3) is 0 Å². The minimum absolute atomic E-state index is 0.500. The smallest absolute Gasteiger partial charge is 0.124 e. The van der Waals surface area contributed by atoms with Crippen molar-refractivity contribution in [3.8, 4) is 11.5 Å². The van der Waals surface area contributed by atoms with Crippen LogP contribution in [0.2, 0.25) is 0 Å². The lowest BCUT2D eigenvalue weighted by Crippen LogP contribution is -1.99. The minimum Gasteiger partial charge on any atom is -0.497 e. The molecule has 1 atom stereocenters. The normalized spacial score (nSPS) is 12.3. The number of benzene rings is 1. The molecule has 1 rings (SSSR count). The quantitative estimate of drug-likeness (QED) is 0.801. The Hall–Kier alpha value is -1.22. The summed E-state index contributed by atoms with van der Waals surface area (Å²) < 4.78 is 10.2. The molecular formula is C11H16O3. The van der Waals surface area contributed by atoms with Gasteiger partial charge < -0.3 is 14.6 Å². The lowest BCUT2D eigenvalue weighted by Gasteiger charge is -2.14. The second kappa shape index (κ2) is 4.86. The van der Waals surface area contributed by atoms with E-state index in [1.54, 1.807) is 26.4 Å². The number of hydrogen-bond acceptors (Lipinski definition) is 3. The third kappa shape index (κ3) is 2.17. The first-order valence-corrected chi connectivity index (χ1v) is 4.63. The average Bonchev–Trinajstić information content (AvgIpc) is 2.27. The molecule has 14 heavy (non-hydrogen) atoms. The van der Waals surface area contributed by atoms with Crippen LogP contribution in [0.3, 0.4) is 0 Å². The van der Waals surface area contributed by atoms with Crippen LogP contribution in [-0.2, 0) is 0 Å². The van der Waals surface area contributed by atoms with Crippen molar-refractivity contribution < 1.29 is 14.6 Å². The molecular weight excluding hydrogens is 180 g/mol. The summed E-state index contributed by atoms with van der Waals surface area (Å²) >= 11 is 0. The standard InChI is InChI=1S/C11H16O3/c1-4-10(12)9-7-8(13-2)5-6-11(9)14-3/h5-7,10,12H,4H2,1-3H3/t10-/m0/s1. The molecule has 1 N–H and O–H groups in total. The molecule has 0 unspecified atom stereocenters. The van der Waals surface area contributed by atoms with E-state index in [9.17, 15) is 5.11 Å². The summed E-state index contributed by atoms with van der Waals surface area (Å²) in [5.74, 6) is 1.42. The Labute approximate surface area is 84.3 Å². The van der Waals surface area contributed by atoms with E-state index < -0.39 is 6.10 Å². The van der Waals surface area contributed by atoms with Gasteiger partial charge in [0, 0.05) is 5.56 Å². The maximum absolute atomic E-state index is 9.73. The van der Waals surface area contributed by atoms with Crippen molar-refractivity contribution in [1.82, 2.24) is 0 Å². The van der Waals surface area contributed by atoms with E-state index in [0.29, 0.717) is 12.2 Å². The van der Waals surface area contributed by atoms with Gasteiger partial charge in [-0.05, 0) is 24.6 Å². The van der Waals surface area contributed by atoms with Gasteiger partial charge in [-0.15, -0.1) is 0 Å². The van der Waals surface area contributed by atoms with E-state index in [-0.39, 0.29) is 0 Å². The molecule has 1 aromatic rings. The molecule has 78 valence electrons. The van der Waals surface area contributed by atoms with Gasteiger partial charge in [-0.2, -0.15) is 0 Å². The summed E-state index contributed by atoms with van der Waals surface area (Å²) in [4.78, 5) is 0. The van der Waals surface area contributed by atoms with Gasteiger partial charge in [0.2, 0.25) is 0 Å². The van der Waals surface area contributed by atoms with E-state index in [4.69, 9.17) is 9.47 Å². The fourth-order valence-electron chi connectivity index (χ4n) is 1.32. The predicted octanol–water partition coefficient (Wildman–Crippen LogP) is 2.15. The molecule has 0 amide bonds. The average molecular weight is 196 g/mol. The molecule has 0 bridgehead atoms. The molecule has 0 heterocycles. The van der Waals surface area contributed by atoms with E-state index in [1.165, 1.54) is 0 Å². The first kappa shape index (κ1) is 10.9. The minimum atomic E-state index is -0.500. The highest BCUT2D eigenvalue weighted by Gasteiger charge is 2.12. The lowest BCUT2D eigenvalue weighted by molar-refractivity contribution is 0.169.